The maximum absolute atomic E-state index is 13.4. The first-order valence-corrected chi connectivity index (χ1v) is 15.3. The van der Waals surface area contributed by atoms with Crippen molar-refractivity contribution < 1.29 is 13.2 Å². The van der Waals surface area contributed by atoms with Gasteiger partial charge in [-0.25, -0.2) is 13.8 Å². The first kappa shape index (κ1) is 30.0. The van der Waals surface area contributed by atoms with Crippen LogP contribution in [-0.4, -0.2) is 42.5 Å². The van der Waals surface area contributed by atoms with Crippen molar-refractivity contribution in [3.63, 3.8) is 0 Å². The molecule has 11 heteroatoms. The molecular weight excluding hydrogens is 635 g/mol. The molecule has 3 aromatic carbocycles. The van der Waals surface area contributed by atoms with Gasteiger partial charge in [0.15, 0.2) is 0 Å². The number of aromatic nitrogens is 1. The number of halogens is 3. The molecule has 1 amide bonds. The summed E-state index contributed by atoms with van der Waals surface area (Å²) in [6, 6.07) is 23.2. The monoisotopic (exact) mass is 660 g/mol. The molecule has 1 N–H and O–H groups in total. The zero-order chi connectivity index (χ0) is 28.9. The SMILES string of the molecule is Cc1cc(/C=N/NC(=O)CN(CCc2ccccc2)S(=O)(=O)c2ccc(Br)cc2)c(C)n1-c1cccc(Cl)c1Cl. The largest absolute Gasteiger partial charge is 0.316 e. The highest BCUT2D eigenvalue weighted by molar-refractivity contribution is 9.10. The van der Waals surface area contributed by atoms with Crippen molar-refractivity contribution in [1.82, 2.24) is 14.3 Å². The number of carbonyl (C=O) groups excluding carboxylic acids is 1. The van der Waals surface area contributed by atoms with Crippen molar-refractivity contribution in [3.05, 3.63) is 116 Å². The number of aryl methyl sites for hydroxylation is 1. The van der Waals surface area contributed by atoms with Gasteiger partial charge in [0.25, 0.3) is 5.91 Å². The summed E-state index contributed by atoms with van der Waals surface area (Å²) in [6.45, 7) is 3.57. The third kappa shape index (κ3) is 7.03. The smallest absolute Gasteiger partial charge is 0.255 e. The molecule has 208 valence electrons. The molecule has 0 spiro atoms. The van der Waals surface area contributed by atoms with Crippen molar-refractivity contribution in [2.24, 2.45) is 5.10 Å². The average molecular weight is 662 g/mol. The lowest BCUT2D eigenvalue weighted by Crippen LogP contribution is -2.40. The summed E-state index contributed by atoms with van der Waals surface area (Å²) in [7, 11) is -3.93. The topological polar surface area (TPSA) is 83.8 Å². The lowest BCUT2D eigenvalue weighted by atomic mass is 10.1. The van der Waals surface area contributed by atoms with Crippen molar-refractivity contribution in [3.8, 4) is 5.69 Å². The summed E-state index contributed by atoms with van der Waals surface area (Å²) in [5, 5.41) is 4.99. The van der Waals surface area contributed by atoms with Gasteiger partial charge in [-0.15, -0.1) is 0 Å². The molecular formula is C29H27BrCl2N4O3S. The lowest BCUT2D eigenvalue weighted by Gasteiger charge is -2.21. The predicted molar refractivity (Wildman–Crippen MR) is 164 cm³/mol. The van der Waals surface area contributed by atoms with Crippen LogP contribution < -0.4 is 5.43 Å². The van der Waals surface area contributed by atoms with Crippen LogP contribution in [0.25, 0.3) is 5.69 Å². The standard InChI is InChI=1S/C29H27BrCl2N4O3S/c1-20-17-23(21(2)36(20)27-10-6-9-26(31)29(27)32)18-33-34-28(37)19-35(16-15-22-7-4-3-5-8-22)40(38,39)25-13-11-24(30)12-14-25/h3-14,17-18H,15-16,19H2,1-2H3,(H,34,37)/b33-18+. The van der Waals surface area contributed by atoms with E-state index < -0.39 is 15.9 Å². The van der Waals surface area contributed by atoms with Crippen molar-refractivity contribution in [1.29, 1.82) is 0 Å². The number of benzene rings is 3. The quantitative estimate of drug-likeness (QED) is 0.155. The van der Waals surface area contributed by atoms with Gasteiger partial charge in [-0.2, -0.15) is 9.41 Å². The van der Waals surface area contributed by atoms with Crippen LogP contribution in [0, 0.1) is 13.8 Å². The summed E-state index contributed by atoms with van der Waals surface area (Å²) < 4.78 is 30.7. The van der Waals surface area contributed by atoms with Crippen LogP contribution in [0.1, 0.15) is 22.5 Å². The molecule has 0 saturated carbocycles. The fourth-order valence-electron chi connectivity index (χ4n) is 4.26. The molecule has 0 atom stereocenters. The van der Waals surface area contributed by atoms with Crippen LogP contribution in [0.2, 0.25) is 10.0 Å². The minimum atomic E-state index is -3.93. The first-order chi connectivity index (χ1) is 19.1. The van der Waals surface area contributed by atoms with E-state index in [0.717, 1.165) is 32.7 Å². The van der Waals surface area contributed by atoms with Crippen LogP contribution in [-0.2, 0) is 21.2 Å². The van der Waals surface area contributed by atoms with Gasteiger partial charge in [-0.3, -0.25) is 4.79 Å². The van der Waals surface area contributed by atoms with E-state index in [2.05, 4.69) is 26.5 Å². The number of hydrazone groups is 1. The van der Waals surface area contributed by atoms with E-state index in [1.165, 1.54) is 22.7 Å². The number of nitrogens with zero attached hydrogens (tertiary/aromatic N) is 3. The Morgan fingerprint density at radius 3 is 2.42 bits per heavy atom. The molecule has 4 aromatic rings. The van der Waals surface area contributed by atoms with Crippen LogP contribution in [0.3, 0.4) is 0 Å². The Hall–Kier alpha value is -2.95. The van der Waals surface area contributed by atoms with Crippen molar-refractivity contribution in [2.45, 2.75) is 25.2 Å². The highest BCUT2D eigenvalue weighted by Crippen LogP contribution is 2.31. The second-order valence-electron chi connectivity index (χ2n) is 9.06. The summed E-state index contributed by atoms with van der Waals surface area (Å²) in [5.41, 5.74) is 6.69. The molecule has 1 aromatic heterocycles. The maximum atomic E-state index is 13.4. The Morgan fingerprint density at radius 1 is 1.02 bits per heavy atom. The number of amides is 1. The van der Waals surface area contributed by atoms with Gasteiger partial charge in [0.05, 0.1) is 33.4 Å². The molecule has 0 aliphatic carbocycles. The van der Waals surface area contributed by atoms with E-state index in [9.17, 15) is 13.2 Å². The van der Waals surface area contributed by atoms with Gasteiger partial charge in [0.2, 0.25) is 10.0 Å². The number of carbonyl (C=O) groups is 1. The van der Waals surface area contributed by atoms with E-state index in [4.69, 9.17) is 23.2 Å². The molecule has 0 radical (unpaired) electrons. The van der Waals surface area contributed by atoms with E-state index in [0.29, 0.717) is 16.5 Å². The Bertz CT molecular complexity index is 1640. The number of hydrogen-bond acceptors (Lipinski definition) is 4. The van der Waals surface area contributed by atoms with Gasteiger partial charge in [-0.1, -0.05) is 75.5 Å². The fraction of sp³-hybridized carbons (Fsp3) is 0.172. The molecule has 0 fully saturated rings. The van der Waals surface area contributed by atoms with Gasteiger partial charge >= 0.3 is 0 Å². The molecule has 0 aliphatic heterocycles. The van der Waals surface area contributed by atoms with Crippen LogP contribution >= 0.6 is 39.1 Å². The Labute approximate surface area is 252 Å². The molecule has 7 nitrogen and oxygen atoms in total. The Kier molecular flexibility index (Phi) is 9.86. The minimum absolute atomic E-state index is 0.104. The van der Waals surface area contributed by atoms with Crippen molar-refractivity contribution >= 4 is 61.3 Å². The molecule has 4 rings (SSSR count). The lowest BCUT2D eigenvalue weighted by molar-refractivity contribution is -0.121. The Balaban J connectivity index is 1.50. The number of sulfonamides is 1. The number of nitrogens with one attached hydrogen (secondary N) is 1. The first-order valence-electron chi connectivity index (χ1n) is 12.3. The van der Waals surface area contributed by atoms with Crippen LogP contribution in [0.4, 0.5) is 0 Å². The van der Waals surface area contributed by atoms with Gasteiger partial charge in [0.1, 0.15) is 0 Å². The maximum Gasteiger partial charge on any atom is 0.255 e. The summed E-state index contributed by atoms with van der Waals surface area (Å²) in [4.78, 5) is 13.0. The highest BCUT2D eigenvalue weighted by atomic mass is 79.9. The zero-order valence-corrected chi connectivity index (χ0v) is 25.7. The molecule has 0 unspecified atom stereocenters. The normalized spacial score (nSPS) is 11.8. The van der Waals surface area contributed by atoms with E-state index in [1.54, 1.807) is 18.2 Å². The van der Waals surface area contributed by atoms with Gasteiger partial charge in [0, 0.05) is 28.0 Å². The fourth-order valence-corrected chi connectivity index (χ4v) is 6.30. The van der Waals surface area contributed by atoms with E-state index in [1.807, 2.05) is 66.9 Å². The van der Waals surface area contributed by atoms with Gasteiger partial charge in [-0.05, 0) is 68.3 Å². The predicted octanol–water partition coefficient (Wildman–Crippen LogP) is 6.55. The van der Waals surface area contributed by atoms with Crippen molar-refractivity contribution in [2.75, 3.05) is 13.1 Å². The summed E-state index contributed by atoms with van der Waals surface area (Å²) >= 11 is 16.0. The van der Waals surface area contributed by atoms with Crippen LogP contribution in [0.5, 0.6) is 0 Å². The highest BCUT2D eigenvalue weighted by Gasteiger charge is 2.26. The number of rotatable bonds is 10. The minimum Gasteiger partial charge on any atom is -0.316 e. The van der Waals surface area contributed by atoms with E-state index >= 15 is 0 Å². The zero-order valence-electron chi connectivity index (χ0n) is 21.8. The van der Waals surface area contributed by atoms with Gasteiger partial charge < -0.3 is 4.57 Å². The van der Waals surface area contributed by atoms with E-state index in [-0.39, 0.29) is 18.0 Å². The number of hydrogen-bond donors (Lipinski definition) is 1. The summed E-state index contributed by atoms with van der Waals surface area (Å²) in [5.74, 6) is -0.559. The third-order valence-electron chi connectivity index (χ3n) is 6.30. The molecule has 0 saturated heterocycles. The molecule has 1 heterocycles. The average Bonchev–Trinajstić information content (AvgIpc) is 3.21. The molecule has 0 bridgehead atoms. The summed E-state index contributed by atoms with van der Waals surface area (Å²) in [6.07, 6.45) is 1.97. The molecule has 40 heavy (non-hydrogen) atoms. The second-order valence-corrected chi connectivity index (χ2v) is 12.7. The second kappa shape index (κ2) is 13.1. The Morgan fingerprint density at radius 2 is 1.73 bits per heavy atom. The third-order valence-corrected chi connectivity index (χ3v) is 9.50. The molecule has 0 aliphatic rings. The van der Waals surface area contributed by atoms with Crippen LogP contribution in [0.15, 0.2) is 93.3 Å².